The van der Waals surface area contributed by atoms with Gasteiger partial charge in [0.2, 0.25) is 0 Å². The Kier molecular flexibility index (Phi) is 2.11. The lowest BCUT2D eigenvalue weighted by Gasteiger charge is -2.41. The van der Waals surface area contributed by atoms with E-state index in [1.807, 2.05) is 0 Å². The molecule has 3 rings (SSSR count). The van der Waals surface area contributed by atoms with Gasteiger partial charge < -0.3 is 5.11 Å². The lowest BCUT2D eigenvalue weighted by Crippen LogP contribution is -2.40. The number of aliphatic hydroxyl groups is 1. The molecule has 1 N–H and O–H groups in total. The summed E-state index contributed by atoms with van der Waals surface area (Å²) in [4.78, 5) is 0. The van der Waals surface area contributed by atoms with Crippen LogP contribution < -0.4 is 0 Å². The van der Waals surface area contributed by atoms with E-state index in [1.54, 1.807) is 0 Å². The Morgan fingerprint density at radius 3 is 2.62 bits per heavy atom. The first-order valence-electron chi connectivity index (χ1n) is 7.12. The lowest BCUT2D eigenvalue weighted by atomic mass is 9.66. The molecular formula is C15H26O. The van der Waals surface area contributed by atoms with E-state index in [0.717, 1.165) is 30.1 Å². The van der Waals surface area contributed by atoms with E-state index in [2.05, 4.69) is 27.7 Å². The third kappa shape index (κ3) is 1.16. The molecule has 0 unspecified atom stereocenters. The van der Waals surface area contributed by atoms with Gasteiger partial charge in [-0.2, -0.15) is 0 Å². The van der Waals surface area contributed by atoms with Gasteiger partial charge in [-0.15, -0.1) is 0 Å². The zero-order valence-corrected chi connectivity index (χ0v) is 11.2. The van der Waals surface area contributed by atoms with E-state index in [0.29, 0.717) is 11.3 Å². The molecule has 3 fully saturated rings. The fourth-order valence-electron chi connectivity index (χ4n) is 5.79. The minimum Gasteiger partial charge on any atom is -0.390 e. The van der Waals surface area contributed by atoms with Gasteiger partial charge in [0.05, 0.1) is 5.60 Å². The molecular weight excluding hydrogens is 196 g/mol. The zero-order valence-electron chi connectivity index (χ0n) is 11.2. The van der Waals surface area contributed by atoms with Crippen molar-refractivity contribution in [1.29, 1.82) is 0 Å². The predicted octanol–water partition coefficient (Wildman–Crippen LogP) is 3.47. The molecule has 0 aromatic rings. The smallest absolute Gasteiger partial charge is 0.0656 e. The first-order valence-corrected chi connectivity index (χ1v) is 7.12. The minimum atomic E-state index is -0.351. The summed E-state index contributed by atoms with van der Waals surface area (Å²) in [5, 5.41) is 10.6. The van der Waals surface area contributed by atoms with E-state index in [9.17, 15) is 5.11 Å². The fourth-order valence-corrected chi connectivity index (χ4v) is 5.79. The maximum Gasteiger partial charge on any atom is 0.0656 e. The molecule has 0 amide bonds. The summed E-state index contributed by atoms with van der Waals surface area (Å²) in [5.74, 6) is 4.07. The standard InChI is InChI=1S/C15H26O/c1-9(2)11-5-6-14(4,16)13-12-7-10(3)8-15(11,12)13/h9-13,16H,5-8H2,1-4H3/t10-,11+,12+,13-,14-,15-/m0/s1. The van der Waals surface area contributed by atoms with E-state index in [1.165, 1.54) is 19.3 Å². The van der Waals surface area contributed by atoms with Crippen molar-refractivity contribution in [2.75, 3.05) is 0 Å². The van der Waals surface area contributed by atoms with Gasteiger partial charge in [0.25, 0.3) is 0 Å². The summed E-state index contributed by atoms with van der Waals surface area (Å²) >= 11 is 0. The molecule has 0 bridgehead atoms. The SMILES string of the molecule is CC(C)[C@H]1CC[C@](C)(O)[C@@H]2[C@H]3C[C@H](C)C[C@]132. The summed E-state index contributed by atoms with van der Waals surface area (Å²) in [6, 6.07) is 0. The van der Waals surface area contributed by atoms with Gasteiger partial charge in [-0.3, -0.25) is 0 Å². The average Bonchev–Trinajstić information content (AvgIpc) is 2.63. The normalized spacial score (nSPS) is 59.6. The molecule has 16 heavy (non-hydrogen) atoms. The molecule has 0 aliphatic heterocycles. The van der Waals surface area contributed by atoms with Gasteiger partial charge >= 0.3 is 0 Å². The molecule has 1 spiro atoms. The van der Waals surface area contributed by atoms with Gasteiger partial charge in [-0.1, -0.05) is 20.8 Å². The second kappa shape index (κ2) is 3.04. The van der Waals surface area contributed by atoms with E-state index < -0.39 is 0 Å². The van der Waals surface area contributed by atoms with Gasteiger partial charge in [-0.05, 0) is 67.6 Å². The van der Waals surface area contributed by atoms with Crippen LogP contribution in [0.25, 0.3) is 0 Å². The maximum absolute atomic E-state index is 10.6. The number of rotatable bonds is 1. The molecule has 1 nitrogen and oxygen atoms in total. The second-order valence-electron chi connectivity index (χ2n) is 7.49. The molecule has 0 heterocycles. The molecule has 3 aliphatic carbocycles. The Morgan fingerprint density at radius 2 is 2.00 bits per heavy atom. The van der Waals surface area contributed by atoms with Crippen molar-refractivity contribution >= 4 is 0 Å². The van der Waals surface area contributed by atoms with Crippen LogP contribution in [0.3, 0.4) is 0 Å². The van der Waals surface area contributed by atoms with Crippen LogP contribution in [0, 0.1) is 35.0 Å². The van der Waals surface area contributed by atoms with Crippen LogP contribution in [0.15, 0.2) is 0 Å². The van der Waals surface area contributed by atoms with Crippen LogP contribution in [0.5, 0.6) is 0 Å². The Labute approximate surface area is 99.6 Å². The Bertz CT molecular complexity index is 303. The average molecular weight is 222 g/mol. The predicted molar refractivity (Wildman–Crippen MR) is 66.0 cm³/mol. The minimum absolute atomic E-state index is 0.351. The molecule has 6 atom stereocenters. The van der Waals surface area contributed by atoms with Gasteiger partial charge in [0, 0.05) is 0 Å². The molecule has 0 radical (unpaired) electrons. The third-order valence-electron chi connectivity index (χ3n) is 6.05. The number of hydrogen-bond acceptors (Lipinski definition) is 1. The molecule has 1 heteroatoms. The third-order valence-corrected chi connectivity index (χ3v) is 6.05. The first-order chi connectivity index (χ1) is 7.39. The highest BCUT2D eigenvalue weighted by Gasteiger charge is 2.76. The van der Waals surface area contributed by atoms with Gasteiger partial charge in [-0.25, -0.2) is 0 Å². The van der Waals surface area contributed by atoms with E-state index >= 15 is 0 Å². The van der Waals surface area contributed by atoms with Crippen molar-refractivity contribution in [2.24, 2.45) is 35.0 Å². The highest BCUT2D eigenvalue weighted by molar-refractivity contribution is 5.25. The Morgan fingerprint density at radius 1 is 1.31 bits per heavy atom. The van der Waals surface area contributed by atoms with Crippen molar-refractivity contribution in [2.45, 2.75) is 59.0 Å². The first kappa shape index (κ1) is 11.1. The van der Waals surface area contributed by atoms with Crippen molar-refractivity contribution in [3.8, 4) is 0 Å². The maximum atomic E-state index is 10.6. The number of hydrogen-bond donors (Lipinski definition) is 1. The van der Waals surface area contributed by atoms with Crippen LogP contribution in [-0.2, 0) is 0 Å². The molecule has 0 aromatic heterocycles. The summed E-state index contributed by atoms with van der Waals surface area (Å²) < 4.78 is 0. The molecule has 92 valence electrons. The fraction of sp³-hybridized carbons (Fsp3) is 1.00. The van der Waals surface area contributed by atoms with Gasteiger partial charge in [0.15, 0.2) is 0 Å². The lowest BCUT2D eigenvalue weighted by molar-refractivity contribution is -0.0424. The molecule has 3 aliphatic rings. The largest absolute Gasteiger partial charge is 0.390 e. The van der Waals surface area contributed by atoms with Crippen LogP contribution in [0.1, 0.15) is 53.4 Å². The van der Waals surface area contributed by atoms with Crippen LogP contribution in [0.4, 0.5) is 0 Å². The van der Waals surface area contributed by atoms with Crippen LogP contribution in [-0.4, -0.2) is 10.7 Å². The van der Waals surface area contributed by atoms with E-state index in [-0.39, 0.29) is 5.60 Å². The highest BCUT2D eigenvalue weighted by Crippen LogP contribution is 2.80. The van der Waals surface area contributed by atoms with Crippen molar-refractivity contribution in [1.82, 2.24) is 0 Å². The van der Waals surface area contributed by atoms with Gasteiger partial charge in [0.1, 0.15) is 0 Å². The summed E-state index contributed by atoms with van der Waals surface area (Å²) in [6.07, 6.45) is 5.06. The quantitative estimate of drug-likeness (QED) is 0.720. The summed E-state index contributed by atoms with van der Waals surface area (Å²) in [7, 11) is 0. The monoisotopic (exact) mass is 222 g/mol. The number of fused-ring (bicyclic) bond motifs is 1. The topological polar surface area (TPSA) is 20.2 Å². The van der Waals surface area contributed by atoms with Crippen LogP contribution >= 0.6 is 0 Å². The highest BCUT2D eigenvalue weighted by atomic mass is 16.3. The Hall–Kier alpha value is -0.0400. The molecule has 3 saturated carbocycles. The van der Waals surface area contributed by atoms with Crippen molar-refractivity contribution in [3.63, 3.8) is 0 Å². The second-order valence-corrected chi connectivity index (χ2v) is 7.49. The summed E-state index contributed by atoms with van der Waals surface area (Å²) in [5.41, 5.74) is 0.200. The summed E-state index contributed by atoms with van der Waals surface area (Å²) in [6.45, 7) is 9.27. The van der Waals surface area contributed by atoms with E-state index in [4.69, 9.17) is 0 Å². The van der Waals surface area contributed by atoms with Crippen LogP contribution in [0.2, 0.25) is 0 Å². The molecule has 0 aromatic carbocycles. The van der Waals surface area contributed by atoms with Crippen molar-refractivity contribution < 1.29 is 5.11 Å². The Balaban J connectivity index is 1.93. The zero-order chi connectivity index (χ0) is 11.7. The van der Waals surface area contributed by atoms with Crippen molar-refractivity contribution in [3.05, 3.63) is 0 Å². The molecule has 0 saturated heterocycles.